The van der Waals surface area contributed by atoms with Gasteiger partial charge in [-0.3, -0.25) is 4.21 Å². The summed E-state index contributed by atoms with van der Waals surface area (Å²) in [6, 6.07) is 0.158. The molecule has 0 spiro atoms. The zero-order valence-corrected chi connectivity index (χ0v) is 14.3. The van der Waals surface area contributed by atoms with Gasteiger partial charge in [0.15, 0.2) is 0 Å². The van der Waals surface area contributed by atoms with E-state index in [1.54, 1.807) is 13.3 Å². The van der Waals surface area contributed by atoms with Gasteiger partial charge in [0.05, 0.1) is 0 Å². The molecule has 2 unspecified atom stereocenters. The van der Waals surface area contributed by atoms with Crippen molar-refractivity contribution in [1.82, 2.24) is 15.0 Å². The van der Waals surface area contributed by atoms with E-state index < -0.39 is 10.8 Å². The second-order valence-electron chi connectivity index (χ2n) is 4.82. The Morgan fingerprint density at radius 3 is 2.33 bits per heavy atom. The Morgan fingerprint density at radius 1 is 1.19 bits per heavy atom. The summed E-state index contributed by atoms with van der Waals surface area (Å²) in [5, 5.41) is 6.21. The summed E-state index contributed by atoms with van der Waals surface area (Å²) in [5.74, 6) is 2.42. The molecular weight excluding hydrogens is 288 g/mol. The van der Waals surface area contributed by atoms with Crippen molar-refractivity contribution in [3.63, 3.8) is 0 Å². The largest absolute Gasteiger partial charge is 0.357 e. The van der Waals surface area contributed by atoms with E-state index >= 15 is 0 Å². The van der Waals surface area contributed by atoms with Crippen LogP contribution >= 0.6 is 0 Å². The van der Waals surface area contributed by atoms with E-state index in [0.717, 1.165) is 19.5 Å². The molecule has 1 aromatic heterocycles. The number of anilines is 3. The molecule has 0 bridgehead atoms. The maximum absolute atomic E-state index is 11.1. The first-order chi connectivity index (χ1) is 9.99. The highest BCUT2D eigenvalue weighted by Gasteiger charge is 2.12. The second kappa shape index (κ2) is 8.76. The highest BCUT2D eigenvalue weighted by atomic mass is 32.2. The molecule has 120 valence electrons. The third-order valence-corrected chi connectivity index (χ3v) is 3.92. The van der Waals surface area contributed by atoms with Gasteiger partial charge in [0.25, 0.3) is 0 Å². The maximum Gasteiger partial charge on any atom is 0.231 e. The Labute approximate surface area is 129 Å². The molecule has 8 heteroatoms. The predicted octanol–water partition coefficient (Wildman–Crippen LogP) is 1.33. The van der Waals surface area contributed by atoms with Crippen LogP contribution in [-0.4, -0.2) is 57.3 Å². The standard InChI is InChI=1S/C13H26N6OS/c1-6-19(7-2)13-17-11(14-4)16-12(18-13)15-10(3)8-9-21(5)20/h10H,6-9H2,1-5H3,(H2,14,15,16,17,18). The molecule has 0 saturated carbocycles. The monoisotopic (exact) mass is 314 g/mol. The summed E-state index contributed by atoms with van der Waals surface area (Å²) in [6.45, 7) is 7.85. The lowest BCUT2D eigenvalue weighted by Crippen LogP contribution is -2.26. The molecular formula is C13H26N6OS. The van der Waals surface area contributed by atoms with Crippen LogP contribution in [0, 0.1) is 0 Å². The van der Waals surface area contributed by atoms with E-state index in [1.165, 1.54) is 0 Å². The van der Waals surface area contributed by atoms with Crippen molar-refractivity contribution < 1.29 is 4.21 Å². The quantitative estimate of drug-likeness (QED) is 0.711. The van der Waals surface area contributed by atoms with Gasteiger partial charge < -0.3 is 15.5 Å². The van der Waals surface area contributed by atoms with E-state index in [2.05, 4.69) is 44.3 Å². The number of aromatic nitrogens is 3. The fourth-order valence-electron chi connectivity index (χ4n) is 1.82. The third-order valence-electron chi connectivity index (χ3n) is 3.11. The molecule has 7 nitrogen and oxygen atoms in total. The first-order valence-corrected chi connectivity index (χ1v) is 8.98. The lowest BCUT2D eigenvalue weighted by atomic mass is 10.3. The van der Waals surface area contributed by atoms with E-state index in [4.69, 9.17) is 0 Å². The van der Waals surface area contributed by atoms with Gasteiger partial charge in [0.1, 0.15) is 0 Å². The Balaban J connectivity index is 2.85. The topological polar surface area (TPSA) is 83.0 Å². The number of nitrogens with zero attached hydrogens (tertiary/aromatic N) is 4. The fourth-order valence-corrected chi connectivity index (χ4v) is 2.51. The van der Waals surface area contributed by atoms with Crippen LogP contribution in [0.3, 0.4) is 0 Å². The molecule has 0 amide bonds. The number of nitrogens with one attached hydrogen (secondary N) is 2. The maximum atomic E-state index is 11.1. The van der Waals surface area contributed by atoms with Crippen molar-refractivity contribution in [3.8, 4) is 0 Å². The van der Waals surface area contributed by atoms with Crippen LogP contribution in [0.2, 0.25) is 0 Å². The van der Waals surface area contributed by atoms with Gasteiger partial charge in [0, 0.05) is 49.0 Å². The van der Waals surface area contributed by atoms with Crippen LogP contribution in [0.1, 0.15) is 27.2 Å². The van der Waals surface area contributed by atoms with Crippen LogP contribution in [0.15, 0.2) is 0 Å². The summed E-state index contributed by atoms with van der Waals surface area (Å²) >= 11 is 0. The first-order valence-electron chi connectivity index (χ1n) is 7.25. The summed E-state index contributed by atoms with van der Waals surface area (Å²) in [4.78, 5) is 15.2. The first kappa shape index (κ1) is 17.6. The average Bonchev–Trinajstić information content (AvgIpc) is 2.46. The van der Waals surface area contributed by atoms with E-state index in [1.807, 2.05) is 6.92 Å². The molecule has 1 rings (SSSR count). The summed E-state index contributed by atoms with van der Waals surface area (Å²) < 4.78 is 11.1. The third kappa shape index (κ3) is 5.82. The van der Waals surface area contributed by atoms with Gasteiger partial charge in [0.2, 0.25) is 17.8 Å². The average molecular weight is 314 g/mol. The molecule has 0 aliphatic heterocycles. The number of rotatable bonds is 9. The number of hydrogen-bond donors (Lipinski definition) is 2. The highest BCUT2D eigenvalue weighted by Crippen LogP contribution is 2.14. The van der Waals surface area contributed by atoms with Gasteiger partial charge >= 0.3 is 0 Å². The molecule has 0 aliphatic carbocycles. The lowest BCUT2D eigenvalue weighted by molar-refractivity contribution is 0.677. The van der Waals surface area contributed by atoms with Crippen LogP contribution in [-0.2, 0) is 10.8 Å². The molecule has 0 radical (unpaired) electrons. The molecule has 1 heterocycles. The van der Waals surface area contributed by atoms with Crippen molar-refractivity contribution in [2.45, 2.75) is 33.2 Å². The van der Waals surface area contributed by atoms with Crippen molar-refractivity contribution in [1.29, 1.82) is 0 Å². The number of hydrogen-bond acceptors (Lipinski definition) is 7. The molecule has 2 atom stereocenters. The molecule has 0 aromatic carbocycles. The SMILES string of the molecule is CCN(CC)c1nc(NC)nc(NC(C)CCS(C)=O)n1. The Hall–Kier alpha value is -1.44. The van der Waals surface area contributed by atoms with E-state index in [0.29, 0.717) is 23.6 Å². The van der Waals surface area contributed by atoms with Gasteiger partial charge in [-0.1, -0.05) is 0 Å². The zero-order chi connectivity index (χ0) is 15.8. The summed E-state index contributed by atoms with van der Waals surface area (Å²) in [7, 11) is 1.01. The molecule has 0 saturated heterocycles. The molecule has 0 aliphatic rings. The smallest absolute Gasteiger partial charge is 0.231 e. The van der Waals surface area contributed by atoms with E-state index in [9.17, 15) is 4.21 Å². The molecule has 2 N–H and O–H groups in total. The second-order valence-corrected chi connectivity index (χ2v) is 6.37. The van der Waals surface area contributed by atoms with Gasteiger partial charge in [-0.15, -0.1) is 0 Å². The van der Waals surface area contributed by atoms with E-state index in [-0.39, 0.29) is 6.04 Å². The van der Waals surface area contributed by atoms with Crippen molar-refractivity contribution >= 4 is 28.6 Å². The van der Waals surface area contributed by atoms with Gasteiger partial charge in [-0.05, 0) is 27.2 Å². The minimum Gasteiger partial charge on any atom is -0.357 e. The lowest BCUT2D eigenvalue weighted by Gasteiger charge is -2.20. The normalized spacial score (nSPS) is 13.6. The van der Waals surface area contributed by atoms with Crippen LogP contribution < -0.4 is 15.5 Å². The minimum absolute atomic E-state index is 0.158. The van der Waals surface area contributed by atoms with Crippen molar-refractivity contribution in [2.24, 2.45) is 0 Å². The molecule has 21 heavy (non-hydrogen) atoms. The minimum atomic E-state index is -0.778. The Kier molecular flexibility index (Phi) is 7.35. The fraction of sp³-hybridized carbons (Fsp3) is 0.769. The van der Waals surface area contributed by atoms with Crippen molar-refractivity contribution in [2.75, 3.05) is 47.7 Å². The predicted molar refractivity (Wildman–Crippen MR) is 89.6 cm³/mol. The molecule has 0 fully saturated rings. The Morgan fingerprint density at radius 2 is 1.81 bits per heavy atom. The van der Waals surface area contributed by atoms with Gasteiger partial charge in [-0.25, -0.2) is 0 Å². The molecule has 1 aromatic rings. The van der Waals surface area contributed by atoms with Crippen LogP contribution in [0.5, 0.6) is 0 Å². The summed E-state index contributed by atoms with van der Waals surface area (Å²) in [6.07, 6.45) is 2.53. The highest BCUT2D eigenvalue weighted by molar-refractivity contribution is 7.84. The zero-order valence-electron chi connectivity index (χ0n) is 13.5. The Bertz CT molecular complexity index is 466. The summed E-state index contributed by atoms with van der Waals surface area (Å²) in [5.41, 5.74) is 0. The van der Waals surface area contributed by atoms with Crippen LogP contribution in [0.25, 0.3) is 0 Å². The van der Waals surface area contributed by atoms with Crippen molar-refractivity contribution in [3.05, 3.63) is 0 Å². The van der Waals surface area contributed by atoms with Gasteiger partial charge in [-0.2, -0.15) is 15.0 Å². The van der Waals surface area contributed by atoms with Crippen LogP contribution in [0.4, 0.5) is 17.8 Å².